The zero-order valence-corrected chi connectivity index (χ0v) is 19.0. The number of rotatable bonds is 4. The van der Waals surface area contributed by atoms with Gasteiger partial charge in [0.15, 0.2) is 10.8 Å². The van der Waals surface area contributed by atoms with Gasteiger partial charge in [-0.1, -0.05) is 32.4 Å². The number of piperazine rings is 1. The van der Waals surface area contributed by atoms with Crippen molar-refractivity contribution in [3.8, 4) is 0 Å². The first-order chi connectivity index (χ1) is 14.0. The Balaban J connectivity index is 0.000000735. The Bertz CT molecular complexity index is 853. The van der Waals surface area contributed by atoms with Crippen LogP contribution in [0.15, 0.2) is 28.5 Å². The smallest absolute Gasteiger partial charge is 0.345 e. The van der Waals surface area contributed by atoms with Gasteiger partial charge in [0.2, 0.25) is 0 Å². The SMILES string of the molecule is CC(C)C.O=[N+]([O-])c1ccc(SN2CCN(c3nc(C(F)(F)F)cs3)CC2)c(Cl)c1. The molecule has 0 radical (unpaired) electrons. The quantitative estimate of drug-likeness (QED) is 0.293. The Morgan fingerprint density at radius 3 is 2.30 bits per heavy atom. The zero-order valence-electron chi connectivity index (χ0n) is 16.6. The molecule has 166 valence electrons. The molecule has 1 saturated heterocycles. The van der Waals surface area contributed by atoms with Gasteiger partial charge in [-0.2, -0.15) is 13.2 Å². The molecule has 2 heterocycles. The van der Waals surface area contributed by atoms with Crippen LogP contribution in [0.2, 0.25) is 5.02 Å². The van der Waals surface area contributed by atoms with Crippen molar-refractivity contribution in [2.24, 2.45) is 5.92 Å². The molecule has 6 nitrogen and oxygen atoms in total. The van der Waals surface area contributed by atoms with E-state index in [1.165, 1.54) is 24.1 Å². The Kier molecular flexibility index (Phi) is 8.77. The van der Waals surface area contributed by atoms with E-state index in [0.29, 0.717) is 41.2 Å². The summed E-state index contributed by atoms with van der Waals surface area (Å²) in [6.07, 6.45) is -4.43. The molecule has 1 aliphatic rings. The Labute approximate surface area is 186 Å². The number of halogens is 4. The summed E-state index contributed by atoms with van der Waals surface area (Å²) in [6, 6.07) is 4.28. The minimum Gasteiger partial charge on any atom is -0.345 e. The van der Waals surface area contributed by atoms with Crippen LogP contribution in [0.5, 0.6) is 0 Å². The van der Waals surface area contributed by atoms with Gasteiger partial charge in [0.25, 0.3) is 5.69 Å². The van der Waals surface area contributed by atoms with Crippen LogP contribution in [0.4, 0.5) is 24.0 Å². The van der Waals surface area contributed by atoms with Crippen LogP contribution in [0.25, 0.3) is 0 Å². The van der Waals surface area contributed by atoms with E-state index in [2.05, 4.69) is 25.8 Å². The molecule has 0 aliphatic carbocycles. The number of thiazole rings is 1. The third kappa shape index (κ3) is 7.29. The van der Waals surface area contributed by atoms with Gasteiger partial charge in [-0.15, -0.1) is 11.3 Å². The van der Waals surface area contributed by atoms with Gasteiger partial charge in [-0.05, 0) is 23.9 Å². The topological polar surface area (TPSA) is 62.5 Å². The molecule has 0 unspecified atom stereocenters. The Hall–Kier alpha value is -1.56. The Morgan fingerprint density at radius 1 is 1.23 bits per heavy atom. The minimum absolute atomic E-state index is 0.0755. The van der Waals surface area contributed by atoms with Crippen molar-refractivity contribution in [1.82, 2.24) is 9.29 Å². The summed E-state index contributed by atoms with van der Waals surface area (Å²) in [7, 11) is 0. The number of anilines is 1. The fraction of sp³-hybridized carbons (Fsp3) is 0.500. The van der Waals surface area contributed by atoms with Crippen molar-refractivity contribution >= 4 is 45.7 Å². The third-order valence-electron chi connectivity index (χ3n) is 3.65. The largest absolute Gasteiger partial charge is 0.434 e. The maximum atomic E-state index is 12.6. The Morgan fingerprint density at radius 2 is 1.83 bits per heavy atom. The summed E-state index contributed by atoms with van der Waals surface area (Å²) in [5.41, 5.74) is -0.944. The first-order valence-electron chi connectivity index (χ1n) is 9.12. The lowest BCUT2D eigenvalue weighted by Crippen LogP contribution is -2.43. The van der Waals surface area contributed by atoms with Crippen molar-refractivity contribution in [2.45, 2.75) is 31.8 Å². The monoisotopic (exact) mass is 482 g/mol. The maximum Gasteiger partial charge on any atom is 0.434 e. The van der Waals surface area contributed by atoms with Crippen LogP contribution in [0.1, 0.15) is 26.5 Å². The fourth-order valence-electron chi connectivity index (χ4n) is 2.33. The molecule has 0 saturated carbocycles. The molecular weight excluding hydrogens is 461 g/mol. The molecule has 1 aromatic carbocycles. The summed E-state index contributed by atoms with van der Waals surface area (Å²) in [5.74, 6) is 0.833. The number of non-ortho nitro benzene ring substituents is 1. The van der Waals surface area contributed by atoms with Crippen LogP contribution in [-0.2, 0) is 6.18 Å². The molecule has 1 fully saturated rings. The molecule has 30 heavy (non-hydrogen) atoms. The molecule has 0 N–H and O–H groups in total. The number of aromatic nitrogens is 1. The lowest BCUT2D eigenvalue weighted by atomic mass is 10.3. The number of nitro benzene ring substituents is 1. The lowest BCUT2D eigenvalue weighted by molar-refractivity contribution is -0.384. The van der Waals surface area contributed by atoms with Gasteiger partial charge >= 0.3 is 6.18 Å². The zero-order chi connectivity index (χ0) is 22.5. The van der Waals surface area contributed by atoms with Crippen molar-refractivity contribution in [3.05, 3.63) is 44.4 Å². The second-order valence-corrected chi connectivity index (χ2v) is 9.51. The predicted octanol–water partition coefficient (Wildman–Crippen LogP) is 6.22. The second-order valence-electron chi connectivity index (χ2n) is 7.12. The molecule has 0 amide bonds. The van der Waals surface area contributed by atoms with Crippen LogP contribution in [-0.4, -0.2) is 40.4 Å². The van der Waals surface area contributed by atoms with E-state index in [0.717, 1.165) is 22.6 Å². The number of nitro groups is 1. The second kappa shape index (κ2) is 10.7. The van der Waals surface area contributed by atoms with Crippen LogP contribution in [0, 0.1) is 16.0 Å². The lowest BCUT2D eigenvalue weighted by Gasteiger charge is -2.33. The standard InChI is InChI=1S/C14H12ClF3N4O2S2.C4H10/c15-10-7-9(22(23)24)1-2-11(10)26-21-5-3-20(4-6-21)13-19-12(8-25-13)14(16,17)18;1-4(2)3/h1-2,7-8H,3-6H2;4H,1-3H3. The third-order valence-corrected chi connectivity index (χ3v) is 6.15. The van der Waals surface area contributed by atoms with E-state index in [1.807, 2.05) is 9.21 Å². The predicted molar refractivity (Wildman–Crippen MR) is 115 cm³/mol. The number of nitrogens with zero attached hydrogens (tertiary/aromatic N) is 4. The number of hydrogen-bond acceptors (Lipinski definition) is 7. The molecule has 2 aromatic rings. The summed E-state index contributed by atoms with van der Waals surface area (Å²) in [4.78, 5) is 16.4. The van der Waals surface area contributed by atoms with E-state index in [-0.39, 0.29) is 5.69 Å². The normalized spacial score (nSPS) is 15.1. The maximum absolute atomic E-state index is 12.6. The molecule has 3 rings (SSSR count). The summed E-state index contributed by atoms with van der Waals surface area (Å²) in [6.45, 7) is 8.75. The first kappa shape index (κ1) is 24.7. The van der Waals surface area contributed by atoms with Gasteiger partial charge in [-0.3, -0.25) is 10.1 Å². The van der Waals surface area contributed by atoms with Gasteiger partial charge in [0.1, 0.15) is 0 Å². The highest BCUT2D eigenvalue weighted by molar-refractivity contribution is 7.97. The van der Waals surface area contributed by atoms with E-state index < -0.39 is 16.8 Å². The van der Waals surface area contributed by atoms with E-state index >= 15 is 0 Å². The van der Waals surface area contributed by atoms with Gasteiger partial charge < -0.3 is 4.90 Å². The van der Waals surface area contributed by atoms with Gasteiger partial charge in [0, 0.05) is 48.6 Å². The molecular formula is C18H22ClF3N4O2S2. The number of benzene rings is 1. The molecule has 1 aliphatic heterocycles. The molecule has 1 aromatic heterocycles. The summed E-state index contributed by atoms with van der Waals surface area (Å²) in [5, 5.41) is 12.4. The first-order valence-corrected chi connectivity index (χ1v) is 11.1. The summed E-state index contributed by atoms with van der Waals surface area (Å²) < 4.78 is 40.0. The van der Waals surface area contributed by atoms with Gasteiger partial charge in [-0.25, -0.2) is 9.29 Å². The van der Waals surface area contributed by atoms with Crippen LogP contribution in [0.3, 0.4) is 0 Å². The van der Waals surface area contributed by atoms with Crippen molar-refractivity contribution in [2.75, 3.05) is 31.1 Å². The molecule has 0 spiro atoms. The van der Waals surface area contributed by atoms with E-state index in [4.69, 9.17) is 11.6 Å². The van der Waals surface area contributed by atoms with Crippen LogP contribution < -0.4 is 4.90 Å². The van der Waals surface area contributed by atoms with Crippen molar-refractivity contribution in [1.29, 1.82) is 0 Å². The van der Waals surface area contributed by atoms with E-state index in [9.17, 15) is 23.3 Å². The average Bonchev–Trinajstić information content (AvgIpc) is 3.14. The van der Waals surface area contributed by atoms with Crippen molar-refractivity contribution < 1.29 is 18.1 Å². The number of alkyl halides is 3. The summed E-state index contributed by atoms with van der Waals surface area (Å²) >= 11 is 8.44. The molecule has 0 bridgehead atoms. The molecule has 0 atom stereocenters. The molecule has 12 heteroatoms. The average molecular weight is 483 g/mol. The van der Waals surface area contributed by atoms with Gasteiger partial charge in [0.05, 0.1) is 9.95 Å². The highest BCUT2D eigenvalue weighted by atomic mass is 35.5. The van der Waals surface area contributed by atoms with Crippen LogP contribution >= 0.6 is 34.9 Å². The number of hydrogen-bond donors (Lipinski definition) is 0. The minimum atomic E-state index is -4.43. The highest BCUT2D eigenvalue weighted by Gasteiger charge is 2.34. The van der Waals surface area contributed by atoms with Crippen molar-refractivity contribution in [3.63, 3.8) is 0 Å². The van der Waals surface area contributed by atoms with E-state index in [1.54, 1.807) is 6.07 Å². The fourth-order valence-corrected chi connectivity index (χ4v) is 4.39. The highest BCUT2D eigenvalue weighted by Crippen LogP contribution is 2.35.